The maximum atomic E-state index is 11.8. The third kappa shape index (κ3) is 3.57. The predicted molar refractivity (Wildman–Crippen MR) is 59.8 cm³/mol. The molecule has 0 aliphatic heterocycles. The summed E-state index contributed by atoms with van der Waals surface area (Å²) >= 11 is 0. The van der Waals surface area contributed by atoms with E-state index in [2.05, 4.69) is 9.72 Å². The van der Waals surface area contributed by atoms with E-state index in [1.165, 1.54) is 10.8 Å². The fraction of sp³-hybridized carbons (Fsp3) is 0.455. The molecule has 0 aliphatic rings. The molecule has 8 heteroatoms. The summed E-state index contributed by atoms with van der Waals surface area (Å²) in [4.78, 5) is 15.5. The van der Waals surface area contributed by atoms with Gasteiger partial charge in [-0.25, -0.2) is 9.78 Å². The molecule has 2 rings (SSSR count). The fourth-order valence-corrected chi connectivity index (χ4v) is 1.61. The van der Waals surface area contributed by atoms with Gasteiger partial charge >= 0.3 is 11.9 Å². The van der Waals surface area contributed by atoms with E-state index in [1.807, 2.05) is 0 Å². The Balaban J connectivity index is 1.92. The lowest BCUT2D eigenvalue weighted by molar-refractivity contribution is -0.174. The second-order valence-electron chi connectivity index (χ2n) is 3.87. The van der Waals surface area contributed by atoms with Crippen molar-refractivity contribution in [2.24, 2.45) is 0 Å². The van der Waals surface area contributed by atoms with Gasteiger partial charge in [0.05, 0.1) is 0 Å². The van der Waals surface area contributed by atoms with Gasteiger partial charge in [-0.1, -0.05) is 0 Å². The Morgan fingerprint density at radius 3 is 2.95 bits per heavy atom. The zero-order valence-electron chi connectivity index (χ0n) is 9.81. The van der Waals surface area contributed by atoms with Gasteiger partial charge < -0.3 is 9.15 Å². The van der Waals surface area contributed by atoms with Gasteiger partial charge in [0, 0.05) is 19.3 Å². The molecule has 0 saturated carbocycles. The van der Waals surface area contributed by atoms with E-state index in [0.29, 0.717) is 11.2 Å². The van der Waals surface area contributed by atoms with Crippen molar-refractivity contribution in [3.63, 3.8) is 0 Å². The highest BCUT2D eigenvalue weighted by Gasteiger charge is 2.27. The molecule has 2 aromatic heterocycles. The lowest BCUT2D eigenvalue weighted by Crippen LogP contribution is -2.19. The van der Waals surface area contributed by atoms with Crippen LogP contribution in [0.25, 0.3) is 11.2 Å². The van der Waals surface area contributed by atoms with Crippen LogP contribution in [-0.4, -0.2) is 28.9 Å². The van der Waals surface area contributed by atoms with Crippen LogP contribution >= 0.6 is 0 Å². The van der Waals surface area contributed by atoms with Crippen molar-refractivity contribution in [2.75, 3.05) is 13.2 Å². The summed E-state index contributed by atoms with van der Waals surface area (Å²) in [5, 5.41) is 0. The van der Waals surface area contributed by atoms with Crippen LogP contribution in [0.5, 0.6) is 0 Å². The average molecular weight is 276 g/mol. The molecule has 19 heavy (non-hydrogen) atoms. The maximum absolute atomic E-state index is 11.8. The summed E-state index contributed by atoms with van der Waals surface area (Å²) in [6.45, 7) is -1.18. The highest BCUT2D eigenvalue weighted by molar-refractivity contribution is 5.67. The molecule has 0 radical (unpaired) electrons. The fourth-order valence-electron chi connectivity index (χ4n) is 1.61. The van der Waals surface area contributed by atoms with Crippen LogP contribution in [0.4, 0.5) is 13.2 Å². The standard InChI is InChI=1S/C11H11F3N2O3/c12-11(13,14)7-18-6-2-5-16-9-8(19-10(16)17)3-1-4-15-9/h1,3-4H,2,5-7H2. The minimum absolute atomic E-state index is 0.0918. The molecular formula is C11H11F3N2O3. The summed E-state index contributed by atoms with van der Waals surface area (Å²) in [5.41, 5.74) is 0.729. The molecular weight excluding hydrogens is 265 g/mol. The SMILES string of the molecule is O=c1oc2cccnc2n1CCCOCC(F)(F)F. The summed E-state index contributed by atoms with van der Waals surface area (Å²) in [5.74, 6) is -0.579. The first-order chi connectivity index (χ1) is 8.97. The molecule has 0 spiro atoms. The van der Waals surface area contributed by atoms with Crippen molar-refractivity contribution in [3.8, 4) is 0 Å². The van der Waals surface area contributed by atoms with Gasteiger partial charge in [0.2, 0.25) is 0 Å². The van der Waals surface area contributed by atoms with Crippen molar-refractivity contribution < 1.29 is 22.3 Å². The molecule has 2 heterocycles. The molecule has 0 aromatic carbocycles. The van der Waals surface area contributed by atoms with Crippen molar-refractivity contribution in [1.29, 1.82) is 0 Å². The average Bonchev–Trinajstić information content (AvgIpc) is 2.64. The first-order valence-corrected chi connectivity index (χ1v) is 5.56. The Labute approximate surface area is 105 Å². The number of nitrogens with zero attached hydrogens (tertiary/aromatic N) is 2. The number of hydrogen-bond acceptors (Lipinski definition) is 4. The van der Waals surface area contributed by atoms with Gasteiger partial charge in [-0.2, -0.15) is 13.2 Å². The zero-order valence-corrected chi connectivity index (χ0v) is 9.81. The number of aromatic nitrogens is 2. The Morgan fingerprint density at radius 2 is 2.21 bits per heavy atom. The van der Waals surface area contributed by atoms with E-state index in [-0.39, 0.29) is 19.6 Å². The van der Waals surface area contributed by atoms with Crippen LogP contribution in [0, 0.1) is 0 Å². The van der Waals surface area contributed by atoms with Crippen molar-refractivity contribution >= 4 is 11.2 Å². The van der Waals surface area contributed by atoms with E-state index in [9.17, 15) is 18.0 Å². The van der Waals surface area contributed by atoms with Gasteiger partial charge in [0.1, 0.15) is 6.61 Å². The summed E-state index contributed by atoms with van der Waals surface area (Å²) in [6, 6.07) is 3.22. The molecule has 0 saturated heterocycles. The lowest BCUT2D eigenvalue weighted by Gasteiger charge is -2.07. The zero-order chi connectivity index (χ0) is 13.9. The smallest absolute Gasteiger partial charge is 0.406 e. The van der Waals surface area contributed by atoms with Crippen LogP contribution in [0.3, 0.4) is 0 Å². The van der Waals surface area contributed by atoms with Gasteiger partial charge in [-0.05, 0) is 18.6 Å². The summed E-state index contributed by atoms with van der Waals surface area (Å²) < 4.78 is 46.1. The van der Waals surface area contributed by atoms with Crippen LogP contribution in [0.2, 0.25) is 0 Å². The van der Waals surface area contributed by atoms with Crippen molar-refractivity contribution in [2.45, 2.75) is 19.1 Å². The minimum atomic E-state index is -4.33. The van der Waals surface area contributed by atoms with Crippen LogP contribution in [-0.2, 0) is 11.3 Å². The number of fused-ring (bicyclic) bond motifs is 1. The highest BCUT2D eigenvalue weighted by Crippen LogP contribution is 2.14. The first-order valence-electron chi connectivity index (χ1n) is 5.56. The molecule has 0 aliphatic carbocycles. The Hall–Kier alpha value is -1.83. The number of ether oxygens (including phenoxy) is 1. The van der Waals surface area contributed by atoms with E-state index in [4.69, 9.17) is 4.42 Å². The largest absolute Gasteiger partial charge is 0.421 e. The van der Waals surface area contributed by atoms with Gasteiger partial charge in [-0.15, -0.1) is 0 Å². The third-order valence-electron chi connectivity index (χ3n) is 2.36. The number of aryl methyl sites for hydroxylation is 1. The third-order valence-corrected chi connectivity index (χ3v) is 2.36. The molecule has 0 amide bonds. The number of alkyl halides is 3. The monoisotopic (exact) mass is 276 g/mol. The van der Waals surface area contributed by atoms with Gasteiger partial charge in [0.15, 0.2) is 11.2 Å². The van der Waals surface area contributed by atoms with E-state index in [1.54, 1.807) is 12.1 Å². The molecule has 104 valence electrons. The maximum Gasteiger partial charge on any atom is 0.421 e. The Kier molecular flexibility index (Phi) is 3.89. The lowest BCUT2D eigenvalue weighted by atomic mass is 10.4. The van der Waals surface area contributed by atoms with E-state index in [0.717, 1.165) is 0 Å². The molecule has 0 fully saturated rings. The Bertz CT molecular complexity index is 603. The number of hydrogen-bond donors (Lipinski definition) is 0. The molecule has 5 nitrogen and oxygen atoms in total. The summed E-state index contributed by atoms with van der Waals surface area (Å²) in [6.07, 6.45) is -2.56. The second-order valence-corrected chi connectivity index (χ2v) is 3.87. The normalized spacial score (nSPS) is 12.2. The van der Waals surface area contributed by atoms with Crippen molar-refractivity contribution in [1.82, 2.24) is 9.55 Å². The van der Waals surface area contributed by atoms with Crippen LogP contribution in [0.1, 0.15) is 6.42 Å². The second kappa shape index (κ2) is 5.43. The first kappa shape index (κ1) is 13.6. The van der Waals surface area contributed by atoms with Gasteiger partial charge in [-0.3, -0.25) is 4.57 Å². The van der Waals surface area contributed by atoms with Crippen LogP contribution in [0.15, 0.2) is 27.5 Å². The summed E-state index contributed by atoms with van der Waals surface area (Å²) in [7, 11) is 0. The van der Waals surface area contributed by atoms with Gasteiger partial charge in [0.25, 0.3) is 0 Å². The molecule has 0 N–H and O–H groups in total. The van der Waals surface area contributed by atoms with Crippen LogP contribution < -0.4 is 5.76 Å². The predicted octanol–water partition coefficient (Wildman–Crippen LogP) is 1.96. The molecule has 0 bridgehead atoms. The van der Waals surface area contributed by atoms with E-state index < -0.39 is 18.5 Å². The number of pyridine rings is 1. The molecule has 0 unspecified atom stereocenters. The minimum Gasteiger partial charge on any atom is -0.406 e. The topological polar surface area (TPSA) is 57.3 Å². The molecule has 2 aromatic rings. The van der Waals surface area contributed by atoms with Crippen molar-refractivity contribution in [3.05, 3.63) is 28.9 Å². The molecule has 0 atom stereocenters. The number of rotatable bonds is 5. The van der Waals surface area contributed by atoms with E-state index >= 15 is 0 Å². The highest BCUT2D eigenvalue weighted by atomic mass is 19.4. The number of halogens is 3. The number of oxazole rings is 1. The quantitative estimate of drug-likeness (QED) is 0.783. The Morgan fingerprint density at radius 1 is 1.42 bits per heavy atom.